The lowest BCUT2D eigenvalue weighted by molar-refractivity contribution is -0.129. The molecule has 5 nitrogen and oxygen atoms in total. The van der Waals surface area contributed by atoms with Crippen molar-refractivity contribution in [3.63, 3.8) is 0 Å². The Bertz CT molecular complexity index is 1100. The summed E-state index contributed by atoms with van der Waals surface area (Å²) in [5.74, 6) is 0.161. The Morgan fingerprint density at radius 2 is 1.81 bits per heavy atom. The summed E-state index contributed by atoms with van der Waals surface area (Å²) < 4.78 is 0. The highest BCUT2D eigenvalue weighted by molar-refractivity contribution is 5.94. The number of allylic oxidation sites excluding steroid dienone is 1. The van der Waals surface area contributed by atoms with E-state index in [0.29, 0.717) is 6.04 Å². The minimum Gasteiger partial charge on any atom is -0.382 e. The van der Waals surface area contributed by atoms with Gasteiger partial charge in [0.25, 0.3) is 0 Å². The van der Waals surface area contributed by atoms with Crippen molar-refractivity contribution in [2.24, 2.45) is 0 Å². The van der Waals surface area contributed by atoms with Crippen LogP contribution < -0.4 is 5.32 Å². The van der Waals surface area contributed by atoms with Gasteiger partial charge >= 0.3 is 0 Å². The van der Waals surface area contributed by atoms with Crippen LogP contribution in [0.4, 0.5) is 5.69 Å². The number of rotatable bonds is 4. The van der Waals surface area contributed by atoms with E-state index < -0.39 is 0 Å². The fraction of sp³-hybridized carbons (Fsp3) is 0.370. The van der Waals surface area contributed by atoms with E-state index >= 15 is 0 Å². The molecule has 1 aliphatic rings. The number of piperidine rings is 1. The molecule has 5 heteroatoms. The molecule has 0 radical (unpaired) electrons. The van der Waals surface area contributed by atoms with Crippen molar-refractivity contribution >= 4 is 28.7 Å². The first-order valence-electron chi connectivity index (χ1n) is 11.6. The number of aromatic nitrogens is 2. The van der Waals surface area contributed by atoms with Crippen molar-refractivity contribution < 1.29 is 4.79 Å². The predicted octanol–water partition coefficient (Wildman–Crippen LogP) is 6.09. The standard InChI is InChI=1S/C25H28N4O.C2H6/c1-4-5-19-6-7-20(14-17(19)2)23-15-22(16-24-25(23)27-11-10-26-24)28-21-8-12-29(13-9-21)18(3)30;1-2/h4-7,10-11,14-16,21,28H,8-9,12-13H2,1-3H3;1-2H3/b5-4-;. The molecular formula is C27H34N4O. The average Bonchev–Trinajstić information content (AvgIpc) is 2.81. The van der Waals surface area contributed by atoms with Gasteiger partial charge in [-0.15, -0.1) is 0 Å². The number of anilines is 1. The number of nitrogens with zero attached hydrogens (tertiary/aromatic N) is 3. The zero-order valence-corrected chi connectivity index (χ0v) is 19.9. The molecule has 0 atom stereocenters. The monoisotopic (exact) mass is 430 g/mol. The maximum atomic E-state index is 11.6. The molecule has 1 aliphatic heterocycles. The Morgan fingerprint density at radius 1 is 1.09 bits per heavy atom. The Hall–Kier alpha value is -3.21. The first kappa shape index (κ1) is 23.5. The summed E-state index contributed by atoms with van der Waals surface area (Å²) in [4.78, 5) is 22.7. The maximum Gasteiger partial charge on any atom is 0.219 e. The van der Waals surface area contributed by atoms with Crippen LogP contribution in [0, 0.1) is 6.92 Å². The maximum absolute atomic E-state index is 11.6. The second kappa shape index (κ2) is 10.9. The Balaban J connectivity index is 0.00000141. The van der Waals surface area contributed by atoms with Gasteiger partial charge in [0.2, 0.25) is 5.91 Å². The van der Waals surface area contributed by atoms with Crippen LogP contribution in [-0.2, 0) is 4.79 Å². The molecule has 1 fully saturated rings. The zero-order valence-electron chi connectivity index (χ0n) is 19.9. The highest BCUT2D eigenvalue weighted by Gasteiger charge is 2.21. The molecule has 1 amide bonds. The summed E-state index contributed by atoms with van der Waals surface area (Å²) in [6.07, 6.45) is 9.57. The van der Waals surface area contributed by atoms with Crippen LogP contribution in [0.25, 0.3) is 28.2 Å². The summed E-state index contributed by atoms with van der Waals surface area (Å²) >= 11 is 0. The minimum absolute atomic E-state index is 0.161. The molecule has 168 valence electrons. The van der Waals surface area contributed by atoms with Crippen LogP contribution in [0.5, 0.6) is 0 Å². The van der Waals surface area contributed by atoms with Crippen LogP contribution in [0.15, 0.2) is 48.8 Å². The predicted molar refractivity (Wildman–Crippen MR) is 135 cm³/mol. The number of fused-ring (bicyclic) bond motifs is 1. The molecule has 0 unspecified atom stereocenters. The molecule has 1 saturated heterocycles. The topological polar surface area (TPSA) is 58.1 Å². The summed E-state index contributed by atoms with van der Waals surface area (Å²) in [6, 6.07) is 11.1. The zero-order chi connectivity index (χ0) is 23.1. The first-order chi connectivity index (χ1) is 15.5. The van der Waals surface area contributed by atoms with Crippen LogP contribution in [0.1, 0.15) is 51.7 Å². The molecule has 2 aromatic carbocycles. The molecule has 0 bridgehead atoms. The van der Waals surface area contributed by atoms with Crippen LogP contribution in [-0.4, -0.2) is 39.9 Å². The number of benzene rings is 2. The van der Waals surface area contributed by atoms with Gasteiger partial charge in [-0.05, 0) is 55.5 Å². The number of aryl methyl sites for hydroxylation is 1. The highest BCUT2D eigenvalue weighted by atomic mass is 16.2. The molecule has 4 rings (SSSR count). The fourth-order valence-corrected chi connectivity index (χ4v) is 4.16. The van der Waals surface area contributed by atoms with E-state index in [1.54, 1.807) is 19.3 Å². The Kier molecular flexibility index (Phi) is 7.98. The molecule has 0 spiro atoms. The summed E-state index contributed by atoms with van der Waals surface area (Å²) in [6.45, 7) is 11.4. The van der Waals surface area contributed by atoms with Gasteiger partial charge < -0.3 is 10.2 Å². The van der Waals surface area contributed by atoms with E-state index in [4.69, 9.17) is 0 Å². The van der Waals surface area contributed by atoms with Gasteiger partial charge in [-0.25, -0.2) is 0 Å². The number of carbonyl (C=O) groups is 1. The van der Waals surface area contributed by atoms with Crippen molar-refractivity contribution in [3.05, 3.63) is 59.9 Å². The first-order valence-corrected chi connectivity index (χ1v) is 11.6. The third kappa shape index (κ3) is 5.34. The van der Waals surface area contributed by atoms with Crippen molar-refractivity contribution in [2.45, 2.75) is 53.5 Å². The van der Waals surface area contributed by atoms with E-state index in [9.17, 15) is 4.79 Å². The van der Waals surface area contributed by atoms with Gasteiger partial charge in [0.15, 0.2) is 0 Å². The lowest BCUT2D eigenvalue weighted by Gasteiger charge is -2.32. The second-order valence-corrected chi connectivity index (χ2v) is 7.94. The van der Waals surface area contributed by atoms with Crippen molar-refractivity contribution in [1.82, 2.24) is 14.9 Å². The number of hydrogen-bond acceptors (Lipinski definition) is 4. The molecule has 3 aromatic rings. The van der Waals surface area contributed by atoms with Crippen molar-refractivity contribution in [3.8, 4) is 11.1 Å². The largest absolute Gasteiger partial charge is 0.382 e. The summed E-state index contributed by atoms with van der Waals surface area (Å²) in [7, 11) is 0. The van der Waals surface area contributed by atoms with Crippen molar-refractivity contribution in [2.75, 3.05) is 18.4 Å². The molecule has 2 heterocycles. The lowest BCUT2D eigenvalue weighted by Crippen LogP contribution is -2.41. The van der Waals surface area contributed by atoms with E-state index in [0.717, 1.165) is 53.8 Å². The lowest BCUT2D eigenvalue weighted by atomic mass is 9.97. The van der Waals surface area contributed by atoms with E-state index in [1.807, 2.05) is 25.7 Å². The van der Waals surface area contributed by atoms with Crippen molar-refractivity contribution in [1.29, 1.82) is 0 Å². The van der Waals surface area contributed by atoms with Gasteiger partial charge in [0, 0.05) is 49.7 Å². The molecular weight excluding hydrogens is 396 g/mol. The fourth-order valence-electron chi connectivity index (χ4n) is 4.16. The number of amides is 1. The summed E-state index contributed by atoms with van der Waals surface area (Å²) in [5.41, 5.74) is 7.53. The Labute approximate surface area is 191 Å². The third-order valence-corrected chi connectivity index (χ3v) is 5.81. The quantitative estimate of drug-likeness (QED) is 0.544. The Morgan fingerprint density at radius 3 is 2.47 bits per heavy atom. The van der Waals surface area contributed by atoms with Gasteiger partial charge in [0.1, 0.15) is 0 Å². The van der Waals surface area contributed by atoms with Gasteiger partial charge in [-0.3, -0.25) is 14.8 Å². The van der Waals surface area contributed by atoms with Crippen LogP contribution >= 0.6 is 0 Å². The average molecular weight is 431 g/mol. The SMILES string of the molecule is C/C=C\c1ccc(-c2cc(NC3CCN(C(C)=O)CC3)cc3nccnc23)cc1C.CC. The molecule has 32 heavy (non-hydrogen) atoms. The van der Waals surface area contributed by atoms with E-state index in [1.165, 1.54) is 11.1 Å². The number of carbonyl (C=O) groups excluding carboxylic acids is 1. The molecule has 1 aromatic heterocycles. The van der Waals surface area contributed by atoms with Crippen LogP contribution in [0.3, 0.4) is 0 Å². The second-order valence-electron chi connectivity index (χ2n) is 7.94. The number of hydrogen-bond donors (Lipinski definition) is 1. The third-order valence-electron chi connectivity index (χ3n) is 5.81. The summed E-state index contributed by atoms with van der Waals surface area (Å²) in [5, 5.41) is 3.67. The molecule has 1 N–H and O–H groups in total. The number of likely N-dealkylation sites (tertiary alicyclic amines) is 1. The normalized spacial score (nSPS) is 14.3. The van der Waals surface area contributed by atoms with Gasteiger partial charge in [-0.2, -0.15) is 0 Å². The van der Waals surface area contributed by atoms with Gasteiger partial charge in [-0.1, -0.05) is 44.2 Å². The van der Waals surface area contributed by atoms with E-state index in [2.05, 4.69) is 64.7 Å². The van der Waals surface area contributed by atoms with E-state index in [-0.39, 0.29) is 5.91 Å². The van der Waals surface area contributed by atoms with Gasteiger partial charge in [0.05, 0.1) is 11.0 Å². The highest BCUT2D eigenvalue weighted by Crippen LogP contribution is 2.32. The van der Waals surface area contributed by atoms with Crippen LogP contribution in [0.2, 0.25) is 0 Å². The smallest absolute Gasteiger partial charge is 0.219 e. The molecule has 0 saturated carbocycles. The molecule has 0 aliphatic carbocycles. The number of nitrogens with one attached hydrogen (secondary N) is 1. The minimum atomic E-state index is 0.161.